The third-order valence-corrected chi connectivity index (χ3v) is 2.84. The highest BCUT2D eigenvalue weighted by Gasteiger charge is 2.09. The van der Waals surface area contributed by atoms with E-state index >= 15 is 0 Å². The van der Waals surface area contributed by atoms with Crippen LogP contribution in [0.3, 0.4) is 0 Å². The van der Waals surface area contributed by atoms with Crippen LogP contribution >= 0.6 is 23.2 Å². The fraction of sp³-hybridized carbons (Fsp3) is 0.143. The number of aromatic nitrogens is 1. The molecule has 2 aromatic rings. The first-order chi connectivity index (χ1) is 9.58. The fourth-order valence-electron chi connectivity index (χ4n) is 1.60. The van der Waals surface area contributed by atoms with Crippen LogP contribution in [0, 0.1) is 0 Å². The largest absolute Gasteiger partial charge is 0.494 e. The predicted octanol–water partition coefficient (Wildman–Crippen LogP) is 4.04. The zero-order valence-corrected chi connectivity index (χ0v) is 12.2. The van der Waals surface area contributed by atoms with Crippen molar-refractivity contribution < 1.29 is 9.53 Å². The van der Waals surface area contributed by atoms with Gasteiger partial charge in [0, 0.05) is 11.3 Å². The van der Waals surface area contributed by atoms with E-state index in [1.54, 1.807) is 24.3 Å². The highest BCUT2D eigenvalue weighted by atomic mass is 35.5. The number of rotatable bonds is 4. The first-order valence-electron chi connectivity index (χ1n) is 5.96. The minimum atomic E-state index is -0.305. The molecule has 4 nitrogen and oxygen atoms in total. The molecule has 0 radical (unpaired) electrons. The second kappa shape index (κ2) is 6.59. The van der Waals surface area contributed by atoms with Crippen LogP contribution in [0.25, 0.3) is 0 Å². The number of hydrogen-bond donors (Lipinski definition) is 1. The predicted molar refractivity (Wildman–Crippen MR) is 79.8 cm³/mol. The normalized spacial score (nSPS) is 10.2. The number of amides is 1. The Morgan fingerprint density at radius 1 is 1.20 bits per heavy atom. The van der Waals surface area contributed by atoms with Gasteiger partial charge in [0.05, 0.1) is 6.61 Å². The lowest BCUT2D eigenvalue weighted by molar-refractivity contribution is 0.102. The van der Waals surface area contributed by atoms with E-state index in [1.807, 2.05) is 6.92 Å². The number of ether oxygens (including phenoxy) is 1. The van der Waals surface area contributed by atoms with Gasteiger partial charge in [-0.05, 0) is 43.3 Å². The van der Waals surface area contributed by atoms with Crippen LogP contribution in [0.15, 0.2) is 36.4 Å². The summed E-state index contributed by atoms with van der Waals surface area (Å²) in [7, 11) is 0. The summed E-state index contributed by atoms with van der Waals surface area (Å²) in [5, 5.41) is 3.09. The number of hydrogen-bond acceptors (Lipinski definition) is 3. The van der Waals surface area contributed by atoms with E-state index in [-0.39, 0.29) is 16.2 Å². The number of carbonyl (C=O) groups is 1. The van der Waals surface area contributed by atoms with Crippen molar-refractivity contribution in [2.24, 2.45) is 0 Å². The Morgan fingerprint density at radius 3 is 2.35 bits per heavy atom. The van der Waals surface area contributed by atoms with Crippen molar-refractivity contribution in [2.45, 2.75) is 6.92 Å². The molecule has 0 saturated heterocycles. The summed E-state index contributed by atoms with van der Waals surface area (Å²) in [4.78, 5) is 15.8. The number of nitrogens with zero attached hydrogens (tertiary/aromatic N) is 1. The average Bonchev–Trinajstić information content (AvgIpc) is 2.40. The van der Waals surface area contributed by atoms with Gasteiger partial charge in [-0.2, -0.15) is 0 Å². The van der Waals surface area contributed by atoms with Crippen LogP contribution in [0.2, 0.25) is 10.3 Å². The van der Waals surface area contributed by atoms with Crippen molar-refractivity contribution in [3.05, 3.63) is 52.3 Å². The summed E-state index contributed by atoms with van der Waals surface area (Å²) in [5.41, 5.74) is 1.01. The Kier molecular flexibility index (Phi) is 4.82. The molecule has 1 heterocycles. The SMILES string of the molecule is CCOc1ccc(NC(=O)c2cc(Cl)nc(Cl)c2)cc1. The third kappa shape index (κ3) is 3.85. The molecule has 20 heavy (non-hydrogen) atoms. The minimum absolute atomic E-state index is 0.175. The van der Waals surface area contributed by atoms with Crippen molar-refractivity contribution in [1.82, 2.24) is 4.98 Å². The van der Waals surface area contributed by atoms with E-state index in [2.05, 4.69) is 10.3 Å². The number of anilines is 1. The molecule has 1 aromatic heterocycles. The zero-order chi connectivity index (χ0) is 14.5. The lowest BCUT2D eigenvalue weighted by Crippen LogP contribution is -2.12. The molecule has 0 aliphatic carbocycles. The van der Waals surface area contributed by atoms with Gasteiger partial charge in [0.25, 0.3) is 5.91 Å². The van der Waals surface area contributed by atoms with Crippen LogP contribution in [-0.4, -0.2) is 17.5 Å². The molecular formula is C14H12Cl2N2O2. The van der Waals surface area contributed by atoms with Gasteiger partial charge < -0.3 is 10.1 Å². The van der Waals surface area contributed by atoms with Crippen molar-refractivity contribution in [3.63, 3.8) is 0 Å². The molecule has 0 spiro atoms. The quantitative estimate of drug-likeness (QED) is 0.867. The van der Waals surface area contributed by atoms with Gasteiger partial charge in [-0.25, -0.2) is 4.98 Å². The fourth-order valence-corrected chi connectivity index (χ4v) is 2.06. The molecule has 0 aliphatic heterocycles. The Labute approximate surface area is 126 Å². The summed E-state index contributed by atoms with van der Waals surface area (Å²) in [6, 6.07) is 9.99. The molecule has 104 valence electrons. The number of benzene rings is 1. The van der Waals surface area contributed by atoms with Crippen LogP contribution in [0.4, 0.5) is 5.69 Å². The molecule has 1 amide bonds. The van der Waals surface area contributed by atoms with Crippen molar-refractivity contribution >= 4 is 34.8 Å². The molecule has 0 saturated carbocycles. The van der Waals surface area contributed by atoms with Gasteiger partial charge in [-0.3, -0.25) is 4.79 Å². The van der Waals surface area contributed by atoms with Gasteiger partial charge in [0.1, 0.15) is 16.1 Å². The van der Waals surface area contributed by atoms with E-state index in [4.69, 9.17) is 27.9 Å². The molecule has 1 N–H and O–H groups in total. The Balaban J connectivity index is 2.10. The molecule has 0 fully saturated rings. The Hall–Kier alpha value is -1.78. The number of halogens is 2. The van der Waals surface area contributed by atoms with E-state index in [1.165, 1.54) is 12.1 Å². The molecule has 6 heteroatoms. The number of pyridine rings is 1. The van der Waals surface area contributed by atoms with E-state index < -0.39 is 0 Å². The smallest absolute Gasteiger partial charge is 0.255 e. The maximum atomic E-state index is 12.0. The lowest BCUT2D eigenvalue weighted by atomic mass is 10.2. The monoisotopic (exact) mass is 310 g/mol. The van der Waals surface area contributed by atoms with E-state index in [0.717, 1.165) is 5.75 Å². The first-order valence-corrected chi connectivity index (χ1v) is 6.71. The number of nitrogens with one attached hydrogen (secondary N) is 1. The lowest BCUT2D eigenvalue weighted by Gasteiger charge is -2.07. The Morgan fingerprint density at radius 2 is 1.80 bits per heavy atom. The first kappa shape index (κ1) is 14.6. The Bertz CT molecular complexity index is 595. The standard InChI is InChI=1S/C14H12Cl2N2O2/c1-2-20-11-5-3-10(4-6-11)17-14(19)9-7-12(15)18-13(16)8-9/h3-8H,2H2,1H3,(H,17,19). The minimum Gasteiger partial charge on any atom is -0.494 e. The highest BCUT2D eigenvalue weighted by molar-refractivity contribution is 6.33. The maximum Gasteiger partial charge on any atom is 0.255 e. The van der Waals surface area contributed by atoms with Crippen LogP contribution in [0.1, 0.15) is 17.3 Å². The van der Waals surface area contributed by atoms with Crippen LogP contribution in [0.5, 0.6) is 5.75 Å². The maximum absolute atomic E-state index is 12.0. The summed E-state index contributed by atoms with van der Waals surface area (Å²) in [5.74, 6) is 0.445. The summed E-state index contributed by atoms with van der Waals surface area (Å²) in [6.07, 6.45) is 0. The van der Waals surface area contributed by atoms with Gasteiger partial charge >= 0.3 is 0 Å². The molecule has 0 atom stereocenters. The molecular weight excluding hydrogens is 299 g/mol. The van der Waals surface area contributed by atoms with E-state index in [9.17, 15) is 4.79 Å². The molecule has 1 aromatic carbocycles. The second-order valence-corrected chi connectivity index (χ2v) is 4.69. The molecule has 2 rings (SSSR count). The van der Waals surface area contributed by atoms with Crippen molar-refractivity contribution in [1.29, 1.82) is 0 Å². The summed E-state index contributed by atoms with van der Waals surface area (Å²) < 4.78 is 5.33. The third-order valence-electron chi connectivity index (χ3n) is 2.45. The molecule has 0 aliphatic rings. The molecule has 0 bridgehead atoms. The van der Waals surface area contributed by atoms with E-state index in [0.29, 0.717) is 17.9 Å². The second-order valence-electron chi connectivity index (χ2n) is 3.91. The van der Waals surface area contributed by atoms with Crippen molar-refractivity contribution in [3.8, 4) is 5.75 Å². The van der Waals surface area contributed by atoms with Gasteiger partial charge in [-0.15, -0.1) is 0 Å². The van der Waals surface area contributed by atoms with Gasteiger partial charge in [0.15, 0.2) is 0 Å². The highest BCUT2D eigenvalue weighted by Crippen LogP contribution is 2.18. The van der Waals surface area contributed by atoms with Crippen molar-refractivity contribution in [2.75, 3.05) is 11.9 Å². The van der Waals surface area contributed by atoms with Crippen LogP contribution < -0.4 is 10.1 Å². The summed E-state index contributed by atoms with van der Waals surface area (Å²) in [6.45, 7) is 2.51. The molecule has 0 unspecified atom stereocenters. The zero-order valence-electron chi connectivity index (χ0n) is 10.7. The van der Waals surface area contributed by atoms with Gasteiger partial charge in [-0.1, -0.05) is 23.2 Å². The average molecular weight is 311 g/mol. The van der Waals surface area contributed by atoms with Crippen LogP contribution in [-0.2, 0) is 0 Å². The summed E-state index contributed by atoms with van der Waals surface area (Å²) >= 11 is 11.5. The topological polar surface area (TPSA) is 51.2 Å². The number of carbonyl (C=O) groups excluding carboxylic acids is 1. The van der Waals surface area contributed by atoms with Gasteiger partial charge in [0.2, 0.25) is 0 Å².